The monoisotopic (exact) mass is 294 g/mol. The van der Waals surface area contributed by atoms with E-state index in [1.165, 1.54) is 4.88 Å². The number of amides is 1. The van der Waals surface area contributed by atoms with Crippen molar-refractivity contribution < 1.29 is 4.79 Å². The number of hydrogen-bond donors (Lipinski definition) is 2. The van der Waals surface area contributed by atoms with Crippen molar-refractivity contribution in [2.75, 3.05) is 24.5 Å². The van der Waals surface area contributed by atoms with Gasteiger partial charge in [0.2, 0.25) is 5.91 Å². The lowest BCUT2D eigenvalue weighted by molar-refractivity contribution is -0.119. The standard InChI is InChI=1S/C14H22N4OS/c1-14(2)6-9(15)12-10(7-14)17-13(20-12)18-5-3-4-16-11(19)8-18/h9H,3-8,15H2,1-2H3,(H,16,19). The molecule has 1 aliphatic heterocycles. The Hall–Kier alpha value is -1.14. The van der Waals surface area contributed by atoms with Crippen LogP contribution < -0.4 is 16.0 Å². The van der Waals surface area contributed by atoms with E-state index in [9.17, 15) is 4.79 Å². The predicted octanol–water partition coefficient (Wildman–Crippen LogP) is 1.44. The van der Waals surface area contributed by atoms with Gasteiger partial charge >= 0.3 is 0 Å². The molecule has 3 rings (SSSR count). The molecule has 1 saturated heterocycles. The van der Waals surface area contributed by atoms with Gasteiger partial charge in [-0.1, -0.05) is 25.2 Å². The molecule has 1 amide bonds. The van der Waals surface area contributed by atoms with Crippen molar-refractivity contribution in [1.29, 1.82) is 0 Å². The zero-order chi connectivity index (χ0) is 14.3. The topological polar surface area (TPSA) is 71.2 Å². The molecule has 20 heavy (non-hydrogen) atoms. The van der Waals surface area contributed by atoms with Crippen molar-refractivity contribution in [3.05, 3.63) is 10.6 Å². The average Bonchev–Trinajstić information content (AvgIpc) is 2.63. The highest BCUT2D eigenvalue weighted by Gasteiger charge is 2.34. The Kier molecular flexibility index (Phi) is 3.46. The Morgan fingerprint density at radius 1 is 1.50 bits per heavy atom. The predicted molar refractivity (Wildman–Crippen MR) is 81.0 cm³/mol. The fourth-order valence-electron chi connectivity index (χ4n) is 3.09. The highest BCUT2D eigenvalue weighted by Crippen LogP contribution is 2.43. The van der Waals surface area contributed by atoms with Crippen molar-refractivity contribution in [3.63, 3.8) is 0 Å². The van der Waals surface area contributed by atoms with Crippen LogP contribution in [0.15, 0.2) is 0 Å². The smallest absolute Gasteiger partial charge is 0.239 e. The maximum atomic E-state index is 11.7. The normalized spacial score (nSPS) is 25.9. The molecule has 6 heteroatoms. The molecule has 5 nitrogen and oxygen atoms in total. The lowest BCUT2D eigenvalue weighted by Crippen LogP contribution is -2.33. The molecular formula is C14H22N4OS. The molecule has 3 N–H and O–H groups in total. The number of carbonyl (C=O) groups is 1. The second-order valence-electron chi connectivity index (χ2n) is 6.58. The molecule has 0 spiro atoms. The lowest BCUT2D eigenvalue weighted by atomic mass is 9.77. The minimum atomic E-state index is 0.0836. The summed E-state index contributed by atoms with van der Waals surface area (Å²) in [6, 6.07) is 0.0841. The first-order chi connectivity index (χ1) is 9.44. The zero-order valence-electron chi connectivity index (χ0n) is 12.1. The van der Waals surface area contributed by atoms with Crippen LogP contribution in [0, 0.1) is 5.41 Å². The first kappa shape index (κ1) is 13.8. The number of hydrogen-bond acceptors (Lipinski definition) is 5. The Bertz CT molecular complexity index is 525. The Labute approximate surface area is 123 Å². The molecule has 2 aliphatic rings. The number of nitrogens with zero attached hydrogens (tertiary/aromatic N) is 2. The third-order valence-corrected chi connectivity index (χ3v) is 5.29. The van der Waals surface area contributed by atoms with E-state index in [2.05, 4.69) is 24.1 Å². The fraction of sp³-hybridized carbons (Fsp3) is 0.714. The van der Waals surface area contributed by atoms with Crippen LogP contribution in [-0.4, -0.2) is 30.5 Å². The number of nitrogens with two attached hydrogens (primary N) is 1. The summed E-state index contributed by atoms with van der Waals surface area (Å²) >= 11 is 1.67. The van der Waals surface area contributed by atoms with E-state index in [0.29, 0.717) is 6.54 Å². The van der Waals surface area contributed by atoms with Crippen LogP contribution in [0.1, 0.15) is 43.3 Å². The first-order valence-corrected chi connectivity index (χ1v) is 8.03. The summed E-state index contributed by atoms with van der Waals surface area (Å²) in [6.45, 7) is 6.53. The van der Waals surface area contributed by atoms with Gasteiger partial charge < -0.3 is 16.0 Å². The van der Waals surface area contributed by atoms with Crippen LogP contribution in [0.4, 0.5) is 5.13 Å². The minimum Gasteiger partial charge on any atom is -0.354 e. The Morgan fingerprint density at radius 2 is 2.30 bits per heavy atom. The molecule has 1 aromatic heterocycles. The van der Waals surface area contributed by atoms with E-state index in [-0.39, 0.29) is 17.4 Å². The van der Waals surface area contributed by atoms with E-state index >= 15 is 0 Å². The van der Waals surface area contributed by atoms with Gasteiger partial charge in [0.25, 0.3) is 0 Å². The second-order valence-corrected chi connectivity index (χ2v) is 7.59. The summed E-state index contributed by atoms with van der Waals surface area (Å²) in [4.78, 5) is 19.8. The molecule has 0 bridgehead atoms. The van der Waals surface area contributed by atoms with Gasteiger partial charge in [-0.05, 0) is 24.7 Å². The summed E-state index contributed by atoms with van der Waals surface area (Å²) < 4.78 is 0. The Morgan fingerprint density at radius 3 is 3.10 bits per heavy atom. The number of carbonyl (C=O) groups excluding carboxylic acids is 1. The van der Waals surface area contributed by atoms with Crippen molar-refractivity contribution >= 4 is 22.4 Å². The van der Waals surface area contributed by atoms with Crippen LogP contribution >= 0.6 is 11.3 Å². The molecular weight excluding hydrogens is 272 g/mol. The van der Waals surface area contributed by atoms with Crippen LogP contribution in [-0.2, 0) is 11.2 Å². The molecule has 1 atom stereocenters. The van der Waals surface area contributed by atoms with Gasteiger partial charge in [0.15, 0.2) is 5.13 Å². The fourth-order valence-corrected chi connectivity index (χ4v) is 4.19. The molecule has 1 unspecified atom stereocenters. The van der Waals surface area contributed by atoms with Gasteiger partial charge in [-0.15, -0.1) is 0 Å². The average molecular weight is 294 g/mol. The van der Waals surface area contributed by atoms with Crippen LogP contribution in [0.25, 0.3) is 0 Å². The zero-order valence-corrected chi connectivity index (χ0v) is 12.9. The molecule has 0 aromatic carbocycles. The van der Waals surface area contributed by atoms with E-state index < -0.39 is 0 Å². The number of aromatic nitrogens is 1. The molecule has 1 aromatic rings. The van der Waals surface area contributed by atoms with Crippen molar-refractivity contribution in [3.8, 4) is 0 Å². The molecule has 0 radical (unpaired) electrons. The third-order valence-electron chi connectivity index (χ3n) is 4.00. The highest BCUT2D eigenvalue weighted by molar-refractivity contribution is 7.15. The number of anilines is 1. The largest absolute Gasteiger partial charge is 0.354 e. The number of fused-ring (bicyclic) bond motifs is 1. The summed E-state index contributed by atoms with van der Waals surface area (Å²) in [5.74, 6) is 0.0836. The molecule has 0 saturated carbocycles. The maximum absolute atomic E-state index is 11.7. The molecule has 1 aliphatic carbocycles. The van der Waals surface area contributed by atoms with Crippen molar-refractivity contribution in [2.24, 2.45) is 11.1 Å². The van der Waals surface area contributed by atoms with Gasteiger partial charge in [0.05, 0.1) is 12.2 Å². The first-order valence-electron chi connectivity index (χ1n) is 7.21. The van der Waals surface area contributed by atoms with Gasteiger partial charge in [-0.25, -0.2) is 4.98 Å². The summed E-state index contributed by atoms with van der Waals surface area (Å²) in [5, 5.41) is 3.86. The highest BCUT2D eigenvalue weighted by atomic mass is 32.1. The summed E-state index contributed by atoms with van der Waals surface area (Å²) in [7, 11) is 0. The lowest BCUT2D eigenvalue weighted by Gasteiger charge is -2.32. The summed E-state index contributed by atoms with van der Waals surface area (Å²) in [5.41, 5.74) is 7.65. The SMILES string of the molecule is CC1(C)Cc2nc(N3CCCNC(=O)C3)sc2C(N)C1. The van der Waals surface area contributed by atoms with Gasteiger partial charge in [-0.2, -0.15) is 0 Å². The van der Waals surface area contributed by atoms with Gasteiger partial charge in [-0.3, -0.25) is 4.79 Å². The van der Waals surface area contributed by atoms with E-state index in [1.54, 1.807) is 11.3 Å². The third kappa shape index (κ3) is 2.67. The van der Waals surface area contributed by atoms with E-state index in [0.717, 1.165) is 43.2 Å². The van der Waals surface area contributed by atoms with Crippen molar-refractivity contribution in [2.45, 2.75) is 39.2 Å². The van der Waals surface area contributed by atoms with Crippen LogP contribution in [0.3, 0.4) is 0 Å². The van der Waals surface area contributed by atoms with E-state index in [4.69, 9.17) is 10.7 Å². The van der Waals surface area contributed by atoms with Crippen LogP contribution in [0.2, 0.25) is 0 Å². The van der Waals surface area contributed by atoms with E-state index in [1.807, 2.05) is 0 Å². The van der Waals surface area contributed by atoms with Crippen molar-refractivity contribution in [1.82, 2.24) is 10.3 Å². The number of rotatable bonds is 1. The number of thiazole rings is 1. The number of nitrogens with one attached hydrogen (secondary N) is 1. The van der Waals surface area contributed by atoms with Gasteiger partial charge in [0.1, 0.15) is 0 Å². The summed E-state index contributed by atoms with van der Waals surface area (Å²) in [6.07, 6.45) is 2.95. The maximum Gasteiger partial charge on any atom is 0.239 e. The minimum absolute atomic E-state index is 0.0836. The van der Waals surface area contributed by atoms with Crippen LogP contribution in [0.5, 0.6) is 0 Å². The molecule has 2 heterocycles. The Balaban J connectivity index is 1.87. The molecule has 1 fully saturated rings. The molecule has 110 valence electrons. The van der Waals surface area contributed by atoms with Gasteiger partial charge in [0, 0.05) is 24.0 Å². The second kappa shape index (κ2) is 5.00. The quantitative estimate of drug-likeness (QED) is 0.822.